The summed E-state index contributed by atoms with van der Waals surface area (Å²) in [6.07, 6.45) is 4.21. The van der Waals surface area contributed by atoms with Crippen molar-refractivity contribution in [2.45, 2.75) is 45.6 Å². The molecule has 2 rings (SSSR count). The summed E-state index contributed by atoms with van der Waals surface area (Å²) in [5, 5.41) is 3.64. The zero-order chi connectivity index (χ0) is 13.0. The summed E-state index contributed by atoms with van der Waals surface area (Å²) in [5.41, 5.74) is 0.267. The number of hydrogen-bond acceptors (Lipinski definition) is 3. The fourth-order valence-corrected chi connectivity index (χ4v) is 3.02. The molecule has 0 aromatic carbocycles. The average Bonchev–Trinajstić information content (AvgIpc) is 2.94. The molecule has 0 aliphatic carbocycles. The van der Waals surface area contributed by atoms with E-state index in [2.05, 4.69) is 35.9 Å². The molecule has 0 aromatic heterocycles. The molecule has 2 aliphatic heterocycles. The molecule has 1 atom stereocenters. The first-order valence-electron chi connectivity index (χ1n) is 7.73. The van der Waals surface area contributed by atoms with Gasteiger partial charge in [-0.15, -0.1) is 0 Å². The molecule has 0 radical (unpaired) electrons. The van der Waals surface area contributed by atoms with Gasteiger partial charge in [0.1, 0.15) is 0 Å². The van der Waals surface area contributed by atoms with Crippen molar-refractivity contribution in [3.8, 4) is 0 Å². The molecule has 3 heteroatoms. The van der Waals surface area contributed by atoms with Crippen LogP contribution in [0.1, 0.15) is 40.0 Å². The molecular weight excluding hydrogens is 222 g/mol. The summed E-state index contributed by atoms with van der Waals surface area (Å²) < 4.78 is 0. The first-order chi connectivity index (χ1) is 8.53. The molecule has 1 unspecified atom stereocenters. The summed E-state index contributed by atoms with van der Waals surface area (Å²) in [4.78, 5) is 5.29. The van der Waals surface area contributed by atoms with Crippen LogP contribution in [0, 0.1) is 5.92 Å². The SMILES string of the molecule is CC(C)(C)NCC1CCN(CCN2CCCC2)C1. The lowest BCUT2D eigenvalue weighted by molar-refractivity contribution is 0.249. The van der Waals surface area contributed by atoms with Crippen LogP contribution >= 0.6 is 0 Å². The minimum atomic E-state index is 0.267. The molecule has 0 spiro atoms. The van der Waals surface area contributed by atoms with Crippen LogP contribution in [0.15, 0.2) is 0 Å². The maximum absolute atomic E-state index is 3.64. The van der Waals surface area contributed by atoms with Crippen molar-refractivity contribution in [2.75, 3.05) is 45.8 Å². The van der Waals surface area contributed by atoms with Gasteiger partial charge in [-0.2, -0.15) is 0 Å². The molecule has 3 nitrogen and oxygen atoms in total. The highest BCUT2D eigenvalue weighted by Crippen LogP contribution is 2.16. The Labute approximate surface area is 113 Å². The number of nitrogens with one attached hydrogen (secondary N) is 1. The van der Waals surface area contributed by atoms with E-state index in [-0.39, 0.29) is 5.54 Å². The molecule has 0 amide bonds. The number of nitrogens with zero attached hydrogens (tertiary/aromatic N) is 2. The van der Waals surface area contributed by atoms with Gasteiger partial charge in [-0.05, 0) is 72.1 Å². The van der Waals surface area contributed by atoms with Crippen LogP contribution in [0.3, 0.4) is 0 Å². The molecular formula is C15H31N3. The van der Waals surface area contributed by atoms with Gasteiger partial charge in [0.25, 0.3) is 0 Å². The molecule has 0 bridgehead atoms. The van der Waals surface area contributed by atoms with Crippen LogP contribution < -0.4 is 5.32 Å². The quantitative estimate of drug-likeness (QED) is 0.806. The van der Waals surface area contributed by atoms with Gasteiger partial charge < -0.3 is 15.1 Å². The third-order valence-corrected chi connectivity index (χ3v) is 4.22. The average molecular weight is 253 g/mol. The summed E-state index contributed by atoms with van der Waals surface area (Å²) in [5.74, 6) is 0.864. The maximum atomic E-state index is 3.64. The van der Waals surface area contributed by atoms with Crippen molar-refractivity contribution < 1.29 is 0 Å². The van der Waals surface area contributed by atoms with E-state index in [0.717, 1.165) is 5.92 Å². The number of rotatable bonds is 5. The van der Waals surface area contributed by atoms with Crippen molar-refractivity contribution in [3.63, 3.8) is 0 Å². The van der Waals surface area contributed by atoms with Crippen LogP contribution in [-0.4, -0.2) is 61.2 Å². The highest BCUT2D eigenvalue weighted by Gasteiger charge is 2.24. The van der Waals surface area contributed by atoms with Gasteiger partial charge in [0, 0.05) is 25.2 Å². The normalized spacial score (nSPS) is 27.2. The Bertz CT molecular complexity index is 241. The van der Waals surface area contributed by atoms with Gasteiger partial charge in [0.05, 0.1) is 0 Å². The zero-order valence-electron chi connectivity index (χ0n) is 12.5. The molecule has 2 fully saturated rings. The van der Waals surface area contributed by atoms with E-state index in [4.69, 9.17) is 0 Å². The second kappa shape index (κ2) is 6.36. The van der Waals surface area contributed by atoms with Gasteiger partial charge >= 0.3 is 0 Å². The highest BCUT2D eigenvalue weighted by molar-refractivity contribution is 4.81. The van der Waals surface area contributed by atoms with Crippen LogP contribution in [0.5, 0.6) is 0 Å². The Kier molecular flexibility index (Phi) is 5.05. The topological polar surface area (TPSA) is 18.5 Å². The van der Waals surface area contributed by atoms with Gasteiger partial charge in [-0.1, -0.05) is 0 Å². The molecule has 106 valence electrons. The van der Waals surface area contributed by atoms with E-state index < -0.39 is 0 Å². The van der Waals surface area contributed by atoms with Gasteiger partial charge in [-0.25, -0.2) is 0 Å². The van der Waals surface area contributed by atoms with Crippen LogP contribution in [0.2, 0.25) is 0 Å². The van der Waals surface area contributed by atoms with Crippen molar-refractivity contribution in [1.29, 1.82) is 0 Å². The first kappa shape index (κ1) is 14.3. The molecule has 2 saturated heterocycles. The Balaban J connectivity index is 1.59. The summed E-state index contributed by atoms with van der Waals surface area (Å²) in [7, 11) is 0. The Hall–Kier alpha value is -0.120. The standard InChI is InChI=1S/C15H31N3/c1-15(2,3)16-12-14-6-9-18(13-14)11-10-17-7-4-5-8-17/h14,16H,4-13H2,1-3H3. The third-order valence-electron chi connectivity index (χ3n) is 4.22. The van der Waals surface area contributed by atoms with Crippen molar-refractivity contribution >= 4 is 0 Å². The van der Waals surface area contributed by atoms with Crippen molar-refractivity contribution in [2.24, 2.45) is 5.92 Å². The van der Waals surface area contributed by atoms with Gasteiger partial charge in [-0.3, -0.25) is 0 Å². The van der Waals surface area contributed by atoms with Crippen LogP contribution in [0.4, 0.5) is 0 Å². The molecule has 18 heavy (non-hydrogen) atoms. The van der Waals surface area contributed by atoms with Crippen LogP contribution in [-0.2, 0) is 0 Å². The van der Waals surface area contributed by atoms with E-state index in [0.29, 0.717) is 0 Å². The summed E-state index contributed by atoms with van der Waals surface area (Å²) >= 11 is 0. The van der Waals surface area contributed by atoms with Gasteiger partial charge in [0.15, 0.2) is 0 Å². The minimum absolute atomic E-state index is 0.267. The predicted octanol–water partition coefficient (Wildman–Crippen LogP) is 1.79. The second-order valence-electron chi connectivity index (χ2n) is 7.13. The summed E-state index contributed by atoms with van der Waals surface area (Å²) in [6.45, 7) is 15.8. The smallest absolute Gasteiger partial charge is 0.0109 e. The maximum Gasteiger partial charge on any atom is 0.0109 e. The van der Waals surface area contributed by atoms with Crippen molar-refractivity contribution in [1.82, 2.24) is 15.1 Å². The Morgan fingerprint density at radius 2 is 1.67 bits per heavy atom. The van der Waals surface area contributed by atoms with Crippen molar-refractivity contribution in [3.05, 3.63) is 0 Å². The van der Waals surface area contributed by atoms with E-state index in [1.54, 1.807) is 0 Å². The van der Waals surface area contributed by atoms with Gasteiger partial charge in [0.2, 0.25) is 0 Å². The minimum Gasteiger partial charge on any atom is -0.312 e. The summed E-state index contributed by atoms with van der Waals surface area (Å²) in [6, 6.07) is 0. The van der Waals surface area contributed by atoms with E-state index in [1.165, 1.54) is 65.1 Å². The van der Waals surface area contributed by atoms with E-state index in [9.17, 15) is 0 Å². The lowest BCUT2D eigenvalue weighted by Crippen LogP contribution is -2.40. The van der Waals surface area contributed by atoms with E-state index in [1.807, 2.05) is 0 Å². The Morgan fingerprint density at radius 3 is 2.33 bits per heavy atom. The lowest BCUT2D eigenvalue weighted by Gasteiger charge is -2.24. The zero-order valence-corrected chi connectivity index (χ0v) is 12.5. The fourth-order valence-electron chi connectivity index (χ4n) is 3.02. The Morgan fingerprint density at radius 1 is 1.00 bits per heavy atom. The number of likely N-dealkylation sites (tertiary alicyclic amines) is 2. The molecule has 0 saturated carbocycles. The highest BCUT2D eigenvalue weighted by atomic mass is 15.2. The largest absolute Gasteiger partial charge is 0.312 e. The molecule has 2 heterocycles. The van der Waals surface area contributed by atoms with E-state index >= 15 is 0 Å². The first-order valence-corrected chi connectivity index (χ1v) is 7.73. The molecule has 0 aromatic rings. The fraction of sp³-hybridized carbons (Fsp3) is 1.00. The van der Waals surface area contributed by atoms with Crippen LogP contribution in [0.25, 0.3) is 0 Å². The monoisotopic (exact) mass is 253 g/mol. The lowest BCUT2D eigenvalue weighted by atomic mass is 10.1. The number of hydrogen-bond donors (Lipinski definition) is 1. The predicted molar refractivity (Wildman–Crippen MR) is 78.0 cm³/mol. The molecule has 1 N–H and O–H groups in total. The third kappa shape index (κ3) is 4.87. The second-order valence-corrected chi connectivity index (χ2v) is 7.13. The molecule has 2 aliphatic rings.